The Balaban J connectivity index is 1.38. The van der Waals surface area contributed by atoms with Crippen LogP contribution in [0, 0.1) is 11.8 Å². The predicted octanol–water partition coefficient (Wildman–Crippen LogP) is 2.73. The van der Waals surface area contributed by atoms with Crippen LogP contribution in [0.1, 0.15) is 18.9 Å². The SMILES string of the molecule is CC(=O)C1=CNC(N2CC3CC3C2)NC1OCc1ccc(OCN=[N+]=[N-])c(Cl)c1. The van der Waals surface area contributed by atoms with E-state index in [9.17, 15) is 4.79 Å². The number of nitrogens with zero attached hydrogens (tertiary/aromatic N) is 4. The zero-order chi connectivity index (χ0) is 20.4. The Bertz CT molecular complexity index is 862. The number of carbonyl (C=O) groups excluding carboxylic acids is 1. The van der Waals surface area contributed by atoms with Gasteiger partial charge in [-0.1, -0.05) is 22.8 Å². The van der Waals surface area contributed by atoms with E-state index in [1.165, 1.54) is 13.3 Å². The van der Waals surface area contributed by atoms with Gasteiger partial charge in [-0.3, -0.25) is 15.0 Å². The zero-order valence-electron chi connectivity index (χ0n) is 16.0. The van der Waals surface area contributed by atoms with E-state index in [1.807, 2.05) is 6.07 Å². The van der Waals surface area contributed by atoms with Gasteiger partial charge < -0.3 is 14.8 Å². The fraction of sp³-hybridized carbons (Fsp3) is 0.526. The molecule has 1 saturated carbocycles. The minimum absolute atomic E-state index is 0.0439. The Morgan fingerprint density at radius 3 is 2.90 bits per heavy atom. The van der Waals surface area contributed by atoms with Crippen molar-refractivity contribution in [2.75, 3.05) is 19.8 Å². The second-order valence-electron chi connectivity index (χ2n) is 7.56. The monoisotopic (exact) mass is 418 g/mol. The molecule has 0 radical (unpaired) electrons. The number of carbonyl (C=O) groups is 1. The highest BCUT2D eigenvalue weighted by molar-refractivity contribution is 6.32. The molecule has 4 atom stereocenters. The normalized spacial score (nSPS) is 28.0. The molecule has 1 aromatic carbocycles. The predicted molar refractivity (Wildman–Crippen MR) is 107 cm³/mol. The summed E-state index contributed by atoms with van der Waals surface area (Å²) < 4.78 is 11.3. The van der Waals surface area contributed by atoms with Crippen LogP contribution in [0.25, 0.3) is 10.4 Å². The summed E-state index contributed by atoms with van der Waals surface area (Å²) in [4.78, 5) is 17.0. The number of halogens is 1. The molecule has 1 aliphatic carbocycles. The summed E-state index contributed by atoms with van der Waals surface area (Å²) in [5, 5.41) is 10.4. The molecule has 0 aromatic heterocycles. The van der Waals surface area contributed by atoms with Crippen molar-refractivity contribution in [1.82, 2.24) is 15.5 Å². The van der Waals surface area contributed by atoms with E-state index in [2.05, 4.69) is 25.6 Å². The molecule has 154 valence electrons. The number of ketones is 1. The Morgan fingerprint density at radius 2 is 2.21 bits per heavy atom. The van der Waals surface area contributed by atoms with Crippen LogP contribution in [-0.2, 0) is 16.1 Å². The van der Waals surface area contributed by atoms with Crippen LogP contribution in [0.4, 0.5) is 0 Å². The van der Waals surface area contributed by atoms with Gasteiger partial charge in [-0.2, -0.15) is 0 Å². The molecule has 1 aromatic rings. The van der Waals surface area contributed by atoms with E-state index in [1.54, 1.807) is 18.3 Å². The Kier molecular flexibility index (Phi) is 5.94. The third kappa shape index (κ3) is 4.66. The van der Waals surface area contributed by atoms with Crippen LogP contribution in [-0.4, -0.2) is 43.0 Å². The Morgan fingerprint density at radius 1 is 1.41 bits per heavy atom. The van der Waals surface area contributed by atoms with E-state index < -0.39 is 6.23 Å². The molecule has 0 spiro atoms. The smallest absolute Gasteiger partial charge is 0.167 e. The highest BCUT2D eigenvalue weighted by atomic mass is 35.5. The largest absolute Gasteiger partial charge is 0.486 e. The molecule has 4 unspecified atom stereocenters. The van der Waals surface area contributed by atoms with Crippen LogP contribution >= 0.6 is 11.6 Å². The molecule has 2 heterocycles. The molecular weight excluding hydrogens is 396 g/mol. The van der Waals surface area contributed by atoms with Crippen molar-refractivity contribution in [3.63, 3.8) is 0 Å². The van der Waals surface area contributed by atoms with E-state index >= 15 is 0 Å². The lowest BCUT2D eigenvalue weighted by atomic mass is 10.1. The van der Waals surface area contributed by atoms with Crippen LogP contribution in [0.2, 0.25) is 5.02 Å². The third-order valence-electron chi connectivity index (χ3n) is 5.52. The number of Topliss-reactive ketones (excluding diaryl/α,β-unsaturated/α-hetero) is 1. The van der Waals surface area contributed by atoms with Crippen LogP contribution in [0.5, 0.6) is 5.75 Å². The van der Waals surface area contributed by atoms with Gasteiger partial charge in [0.15, 0.2) is 12.5 Å². The van der Waals surface area contributed by atoms with Gasteiger partial charge in [-0.25, -0.2) is 0 Å². The van der Waals surface area contributed by atoms with Crippen molar-refractivity contribution in [3.8, 4) is 5.75 Å². The maximum Gasteiger partial charge on any atom is 0.167 e. The van der Waals surface area contributed by atoms with Gasteiger partial charge in [0.1, 0.15) is 18.3 Å². The van der Waals surface area contributed by atoms with Gasteiger partial charge in [0.2, 0.25) is 0 Å². The number of hydrogen-bond donors (Lipinski definition) is 2. The summed E-state index contributed by atoms with van der Waals surface area (Å²) in [5.41, 5.74) is 9.70. The quantitative estimate of drug-likeness (QED) is 0.381. The average Bonchev–Trinajstić information content (AvgIpc) is 3.32. The summed E-state index contributed by atoms with van der Waals surface area (Å²) in [7, 11) is 0. The molecule has 10 heteroatoms. The molecule has 2 aliphatic heterocycles. The van der Waals surface area contributed by atoms with E-state index in [0.29, 0.717) is 16.3 Å². The maximum absolute atomic E-state index is 12.0. The van der Waals surface area contributed by atoms with Gasteiger partial charge in [0, 0.05) is 24.2 Å². The molecule has 3 aliphatic rings. The first-order chi connectivity index (χ1) is 14.0. The van der Waals surface area contributed by atoms with Crippen LogP contribution in [0.15, 0.2) is 35.1 Å². The highest BCUT2D eigenvalue weighted by Crippen LogP contribution is 2.45. The number of azide groups is 1. The lowest BCUT2D eigenvalue weighted by Crippen LogP contribution is -2.60. The molecule has 1 saturated heterocycles. The molecule has 4 rings (SSSR count). The molecule has 0 amide bonds. The Labute approximate surface area is 173 Å². The third-order valence-corrected chi connectivity index (χ3v) is 5.82. The molecular formula is C19H23ClN6O3. The highest BCUT2D eigenvalue weighted by Gasteiger charge is 2.47. The summed E-state index contributed by atoms with van der Waals surface area (Å²) in [5.74, 6) is 2.02. The summed E-state index contributed by atoms with van der Waals surface area (Å²) in [6, 6.07) is 5.25. The molecule has 0 bridgehead atoms. The first-order valence-electron chi connectivity index (χ1n) is 9.56. The van der Waals surface area contributed by atoms with Crippen molar-refractivity contribution in [1.29, 1.82) is 0 Å². The first kappa shape index (κ1) is 20.0. The standard InChI is InChI=1S/C19H23ClN6O3/c1-11(27)15-6-22-19(26-7-13-5-14(13)8-26)24-18(15)28-9-12-2-3-17(16(20)4-12)29-10-23-25-21/h2-4,6,13-14,18-19,22,24H,5,7-10H2,1H3. The van der Waals surface area contributed by atoms with Crippen molar-refractivity contribution in [2.45, 2.75) is 32.5 Å². The van der Waals surface area contributed by atoms with E-state index in [0.717, 1.165) is 30.5 Å². The van der Waals surface area contributed by atoms with Gasteiger partial charge in [-0.05, 0) is 48.4 Å². The van der Waals surface area contributed by atoms with Crippen LogP contribution < -0.4 is 15.4 Å². The fourth-order valence-corrected chi connectivity index (χ4v) is 4.12. The molecule has 29 heavy (non-hydrogen) atoms. The first-order valence-corrected chi connectivity index (χ1v) is 9.94. The number of hydrogen-bond acceptors (Lipinski definition) is 7. The van der Waals surface area contributed by atoms with Gasteiger partial charge in [-0.15, -0.1) is 0 Å². The summed E-state index contributed by atoms with van der Waals surface area (Å²) >= 11 is 6.22. The number of nitrogens with one attached hydrogen (secondary N) is 2. The number of likely N-dealkylation sites (tertiary alicyclic amines) is 1. The van der Waals surface area contributed by atoms with Crippen molar-refractivity contribution in [2.24, 2.45) is 17.0 Å². The number of rotatable bonds is 8. The number of benzene rings is 1. The summed E-state index contributed by atoms with van der Waals surface area (Å²) in [6.45, 7) is 3.81. The summed E-state index contributed by atoms with van der Waals surface area (Å²) in [6.07, 6.45) is 2.55. The minimum Gasteiger partial charge on any atom is -0.486 e. The Hall–Kier alpha value is -2.29. The van der Waals surface area contributed by atoms with Crippen molar-refractivity contribution in [3.05, 3.63) is 51.0 Å². The lowest BCUT2D eigenvalue weighted by molar-refractivity contribution is -0.116. The average molecular weight is 419 g/mol. The topological polar surface area (TPSA) is 112 Å². The second kappa shape index (κ2) is 8.61. The van der Waals surface area contributed by atoms with E-state index in [-0.39, 0.29) is 25.4 Å². The fourth-order valence-electron chi connectivity index (χ4n) is 3.86. The molecule has 2 N–H and O–H groups in total. The number of piperidine rings is 1. The van der Waals surface area contributed by atoms with Crippen LogP contribution in [0.3, 0.4) is 0 Å². The zero-order valence-corrected chi connectivity index (χ0v) is 16.8. The van der Waals surface area contributed by atoms with Gasteiger partial charge >= 0.3 is 0 Å². The number of ether oxygens (including phenoxy) is 2. The van der Waals surface area contributed by atoms with Crippen molar-refractivity contribution < 1.29 is 14.3 Å². The molecule has 9 nitrogen and oxygen atoms in total. The van der Waals surface area contributed by atoms with E-state index in [4.69, 9.17) is 26.6 Å². The molecule has 2 fully saturated rings. The minimum atomic E-state index is -0.504. The number of fused-ring (bicyclic) bond motifs is 1. The second-order valence-corrected chi connectivity index (χ2v) is 7.97. The van der Waals surface area contributed by atoms with Gasteiger partial charge in [0.25, 0.3) is 0 Å². The van der Waals surface area contributed by atoms with Gasteiger partial charge in [0.05, 0.1) is 17.2 Å². The maximum atomic E-state index is 12.0. The lowest BCUT2D eigenvalue weighted by Gasteiger charge is -2.37. The van der Waals surface area contributed by atoms with Crippen molar-refractivity contribution >= 4 is 17.4 Å².